The molecule has 0 aliphatic rings. The van der Waals surface area contributed by atoms with E-state index in [0.717, 1.165) is 0 Å². The average Bonchev–Trinajstić information content (AvgIpc) is 2.31. The van der Waals surface area contributed by atoms with Crippen LogP contribution >= 0.6 is 7.60 Å². The number of hydrogen-bond acceptors (Lipinski definition) is 5. The van der Waals surface area contributed by atoms with Gasteiger partial charge in [-0.2, -0.15) is 0 Å². The first kappa shape index (κ1) is 18.0. The quantitative estimate of drug-likeness (QED) is 0.434. The second-order valence-corrected chi connectivity index (χ2v) is 5.84. The first-order valence-corrected chi connectivity index (χ1v) is 7.92. The van der Waals surface area contributed by atoms with Gasteiger partial charge in [-0.05, 0) is 13.3 Å². The van der Waals surface area contributed by atoms with Gasteiger partial charge < -0.3 is 23.6 Å². The van der Waals surface area contributed by atoms with Crippen molar-refractivity contribution in [3.8, 4) is 0 Å². The molecule has 18 heavy (non-hydrogen) atoms. The molecule has 0 amide bonds. The van der Waals surface area contributed by atoms with Gasteiger partial charge in [0.15, 0.2) is 0 Å². The predicted octanol–water partition coefficient (Wildman–Crippen LogP) is 1.67. The standard InChI is InChI=1S/C11H25O6P/c1-4-11(2)17-18(12,13)10-9-16-8-7-15-6-5-14-3/h11H,4-10H2,1-3H3,(H,12,13). The summed E-state index contributed by atoms with van der Waals surface area (Å²) in [5, 5.41) is 0. The zero-order valence-corrected chi connectivity index (χ0v) is 12.4. The van der Waals surface area contributed by atoms with Crippen LogP contribution < -0.4 is 0 Å². The van der Waals surface area contributed by atoms with E-state index in [1.54, 1.807) is 14.0 Å². The molecule has 0 spiro atoms. The molecule has 0 bridgehead atoms. The third-order valence-electron chi connectivity index (χ3n) is 2.24. The molecule has 0 fully saturated rings. The molecule has 0 heterocycles. The van der Waals surface area contributed by atoms with Gasteiger partial charge in [0.25, 0.3) is 0 Å². The molecular weight excluding hydrogens is 259 g/mol. The molecule has 0 radical (unpaired) electrons. The van der Waals surface area contributed by atoms with Crippen LogP contribution in [0.5, 0.6) is 0 Å². The SMILES string of the molecule is CCC(C)OP(=O)(O)CCOCCOCCOC. The highest BCUT2D eigenvalue weighted by molar-refractivity contribution is 7.52. The Morgan fingerprint density at radius 1 is 1.11 bits per heavy atom. The van der Waals surface area contributed by atoms with Crippen molar-refractivity contribution in [1.82, 2.24) is 0 Å². The van der Waals surface area contributed by atoms with E-state index in [1.165, 1.54) is 0 Å². The van der Waals surface area contributed by atoms with Crippen LogP contribution in [-0.4, -0.2) is 57.3 Å². The first-order chi connectivity index (χ1) is 8.52. The van der Waals surface area contributed by atoms with Crippen molar-refractivity contribution in [3.63, 3.8) is 0 Å². The first-order valence-electron chi connectivity index (χ1n) is 6.16. The lowest BCUT2D eigenvalue weighted by Crippen LogP contribution is -2.12. The van der Waals surface area contributed by atoms with Crippen LogP contribution in [-0.2, 0) is 23.3 Å². The summed E-state index contributed by atoms with van der Waals surface area (Å²) < 4.78 is 31.8. The van der Waals surface area contributed by atoms with E-state index in [-0.39, 0.29) is 18.9 Å². The molecule has 0 aliphatic carbocycles. The topological polar surface area (TPSA) is 74.2 Å². The average molecular weight is 284 g/mol. The van der Waals surface area contributed by atoms with E-state index >= 15 is 0 Å². The van der Waals surface area contributed by atoms with Gasteiger partial charge in [-0.1, -0.05) is 6.92 Å². The third kappa shape index (κ3) is 11.1. The summed E-state index contributed by atoms with van der Waals surface area (Å²) in [6, 6.07) is 0. The Balaban J connectivity index is 3.44. The number of methoxy groups -OCH3 is 1. The largest absolute Gasteiger partial charge is 0.382 e. The molecule has 110 valence electrons. The van der Waals surface area contributed by atoms with Crippen molar-refractivity contribution in [1.29, 1.82) is 0 Å². The van der Waals surface area contributed by atoms with Gasteiger partial charge in [0, 0.05) is 7.11 Å². The van der Waals surface area contributed by atoms with E-state index in [1.807, 2.05) is 6.92 Å². The van der Waals surface area contributed by atoms with Crippen LogP contribution in [0, 0.1) is 0 Å². The zero-order valence-electron chi connectivity index (χ0n) is 11.5. The van der Waals surface area contributed by atoms with E-state index in [4.69, 9.17) is 18.7 Å². The Morgan fingerprint density at radius 3 is 2.22 bits per heavy atom. The summed E-state index contributed by atoms with van der Waals surface area (Å²) in [6.07, 6.45) is 0.506. The molecule has 1 N–H and O–H groups in total. The van der Waals surface area contributed by atoms with Gasteiger partial charge >= 0.3 is 7.60 Å². The minimum Gasteiger partial charge on any atom is -0.382 e. The van der Waals surface area contributed by atoms with Gasteiger partial charge in [-0.15, -0.1) is 0 Å². The summed E-state index contributed by atoms with van der Waals surface area (Å²) in [5.41, 5.74) is 0. The zero-order chi connectivity index (χ0) is 13.9. The lowest BCUT2D eigenvalue weighted by Gasteiger charge is -2.16. The Kier molecular flexibility index (Phi) is 10.9. The van der Waals surface area contributed by atoms with Crippen LogP contribution in [0.2, 0.25) is 0 Å². The van der Waals surface area contributed by atoms with Crippen LogP contribution in [0.15, 0.2) is 0 Å². The van der Waals surface area contributed by atoms with Crippen molar-refractivity contribution in [3.05, 3.63) is 0 Å². The summed E-state index contributed by atoms with van der Waals surface area (Å²) in [5.74, 6) is 0. The van der Waals surface area contributed by atoms with E-state index in [9.17, 15) is 9.46 Å². The second-order valence-electron chi connectivity index (χ2n) is 3.90. The molecule has 0 aliphatic heterocycles. The second kappa shape index (κ2) is 10.9. The highest BCUT2D eigenvalue weighted by atomic mass is 31.2. The van der Waals surface area contributed by atoms with Gasteiger partial charge in [0.05, 0.1) is 45.3 Å². The van der Waals surface area contributed by atoms with Gasteiger partial charge in [0.2, 0.25) is 0 Å². The molecular formula is C11H25O6P. The lowest BCUT2D eigenvalue weighted by molar-refractivity contribution is 0.0274. The fourth-order valence-corrected chi connectivity index (χ4v) is 2.23. The molecule has 0 aromatic carbocycles. The maximum absolute atomic E-state index is 11.6. The van der Waals surface area contributed by atoms with Crippen molar-refractivity contribution in [2.45, 2.75) is 26.4 Å². The summed E-state index contributed by atoms with van der Waals surface area (Å²) in [4.78, 5) is 9.49. The van der Waals surface area contributed by atoms with Gasteiger partial charge in [0.1, 0.15) is 0 Å². The Hall–Kier alpha value is 0.0300. The fourth-order valence-electron chi connectivity index (χ4n) is 1.05. The number of rotatable bonds is 12. The van der Waals surface area contributed by atoms with Gasteiger partial charge in [-0.25, -0.2) is 0 Å². The maximum atomic E-state index is 11.6. The predicted molar refractivity (Wildman–Crippen MR) is 69.0 cm³/mol. The molecule has 0 aromatic rings. The molecule has 2 atom stereocenters. The normalized spacial score (nSPS) is 16.4. The smallest absolute Gasteiger partial charge is 0.330 e. The highest BCUT2D eigenvalue weighted by Gasteiger charge is 2.21. The summed E-state index contributed by atoms with van der Waals surface area (Å²) >= 11 is 0. The fraction of sp³-hybridized carbons (Fsp3) is 1.00. The molecule has 0 rings (SSSR count). The Morgan fingerprint density at radius 2 is 1.67 bits per heavy atom. The third-order valence-corrected chi connectivity index (χ3v) is 3.68. The van der Waals surface area contributed by atoms with Crippen LogP contribution in [0.1, 0.15) is 20.3 Å². The van der Waals surface area contributed by atoms with E-state index in [0.29, 0.717) is 32.8 Å². The highest BCUT2D eigenvalue weighted by Crippen LogP contribution is 2.43. The molecule has 0 aromatic heterocycles. The summed E-state index contributed by atoms with van der Waals surface area (Å²) in [7, 11) is -1.91. The molecule has 7 heteroatoms. The maximum Gasteiger partial charge on any atom is 0.330 e. The summed E-state index contributed by atoms with van der Waals surface area (Å²) in [6.45, 7) is 5.78. The van der Waals surface area contributed by atoms with Crippen LogP contribution in [0.4, 0.5) is 0 Å². The minimum atomic E-state index is -3.52. The molecule has 2 unspecified atom stereocenters. The lowest BCUT2D eigenvalue weighted by atomic mass is 10.3. The van der Waals surface area contributed by atoms with Crippen molar-refractivity contribution in [2.24, 2.45) is 0 Å². The van der Waals surface area contributed by atoms with E-state index < -0.39 is 7.60 Å². The van der Waals surface area contributed by atoms with Crippen LogP contribution in [0.3, 0.4) is 0 Å². The van der Waals surface area contributed by atoms with Crippen molar-refractivity contribution >= 4 is 7.60 Å². The van der Waals surface area contributed by atoms with Gasteiger partial charge in [-0.3, -0.25) is 4.57 Å². The Labute approximate surface area is 109 Å². The van der Waals surface area contributed by atoms with Crippen molar-refractivity contribution in [2.75, 3.05) is 46.3 Å². The van der Waals surface area contributed by atoms with Crippen molar-refractivity contribution < 1.29 is 28.2 Å². The molecule has 0 saturated heterocycles. The Bertz CT molecular complexity index is 236. The number of ether oxygens (including phenoxy) is 3. The van der Waals surface area contributed by atoms with E-state index in [2.05, 4.69) is 0 Å². The molecule has 6 nitrogen and oxygen atoms in total. The number of hydrogen-bond donors (Lipinski definition) is 1. The molecule has 0 saturated carbocycles. The minimum absolute atomic E-state index is 0.00934. The monoisotopic (exact) mass is 284 g/mol. The van der Waals surface area contributed by atoms with Crippen LogP contribution in [0.25, 0.3) is 0 Å².